The molecule has 3 rings (SSSR count). The summed E-state index contributed by atoms with van der Waals surface area (Å²) < 4.78 is 5.74. The SMILES string of the molecule is Cc1cc(C)c(C)c(OCC(=O)Nc2ccccc2C(=O)N[C@@H](C)c2ccccc2)c1. The van der Waals surface area contributed by atoms with Crippen molar-refractivity contribution in [3.05, 3.63) is 94.5 Å². The number of para-hydroxylation sites is 1. The third kappa shape index (κ3) is 5.72. The van der Waals surface area contributed by atoms with Crippen LogP contribution in [-0.4, -0.2) is 18.4 Å². The van der Waals surface area contributed by atoms with Crippen LogP contribution in [0.2, 0.25) is 0 Å². The Labute approximate surface area is 183 Å². The van der Waals surface area contributed by atoms with Gasteiger partial charge in [-0.1, -0.05) is 48.5 Å². The number of hydrogen-bond donors (Lipinski definition) is 2. The molecule has 31 heavy (non-hydrogen) atoms. The molecule has 1 atom stereocenters. The maximum absolute atomic E-state index is 12.8. The summed E-state index contributed by atoms with van der Waals surface area (Å²) in [5, 5.41) is 5.78. The summed E-state index contributed by atoms with van der Waals surface area (Å²) in [6.07, 6.45) is 0. The second-order valence-corrected chi connectivity index (χ2v) is 7.69. The fraction of sp³-hybridized carbons (Fsp3) is 0.231. The quantitative estimate of drug-likeness (QED) is 0.562. The largest absolute Gasteiger partial charge is 0.483 e. The molecule has 0 aliphatic heterocycles. The molecule has 3 aromatic carbocycles. The molecule has 0 bridgehead atoms. The van der Waals surface area contributed by atoms with Crippen LogP contribution in [0.25, 0.3) is 0 Å². The van der Waals surface area contributed by atoms with Gasteiger partial charge in [-0.3, -0.25) is 9.59 Å². The highest BCUT2D eigenvalue weighted by Gasteiger charge is 2.16. The zero-order valence-electron chi connectivity index (χ0n) is 18.4. The molecular weight excluding hydrogens is 388 g/mol. The maximum atomic E-state index is 12.8. The van der Waals surface area contributed by atoms with Crippen LogP contribution in [0, 0.1) is 20.8 Å². The van der Waals surface area contributed by atoms with Gasteiger partial charge >= 0.3 is 0 Å². The predicted octanol–water partition coefficient (Wildman–Crippen LogP) is 5.12. The molecule has 0 spiro atoms. The zero-order chi connectivity index (χ0) is 22.4. The Bertz CT molecular complexity index is 1080. The third-order valence-electron chi connectivity index (χ3n) is 5.22. The second-order valence-electron chi connectivity index (χ2n) is 7.69. The van der Waals surface area contributed by atoms with Crippen molar-refractivity contribution in [1.29, 1.82) is 0 Å². The van der Waals surface area contributed by atoms with Gasteiger partial charge in [0, 0.05) is 0 Å². The fourth-order valence-electron chi connectivity index (χ4n) is 3.37. The molecule has 5 heteroatoms. The van der Waals surface area contributed by atoms with E-state index in [4.69, 9.17) is 4.74 Å². The van der Waals surface area contributed by atoms with E-state index < -0.39 is 0 Å². The van der Waals surface area contributed by atoms with E-state index in [0.29, 0.717) is 17.0 Å². The number of carbonyl (C=O) groups is 2. The molecule has 0 saturated carbocycles. The van der Waals surface area contributed by atoms with Crippen molar-refractivity contribution in [1.82, 2.24) is 5.32 Å². The monoisotopic (exact) mass is 416 g/mol. The summed E-state index contributed by atoms with van der Waals surface area (Å²) in [7, 11) is 0. The standard InChI is InChI=1S/C26H28N2O3/c1-17-14-18(2)19(3)24(15-17)31-16-25(29)28-23-13-9-8-12-22(23)26(30)27-20(4)21-10-6-5-7-11-21/h5-15,20H,16H2,1-4H3,(H,27,30)(H,28,29)/t20-/m0/s1. The van der Waals surface area contributed by atoms with E-state index in [2.05, 4.69) is 16.7 Å². The Morgan fingerprint density at radius 1 is 0.935 bits per heavy atom. The first kappa shape index (κ1) is 22.1. The van der Waals surface area contributed by atoms with E-state index in [0.717, 1.165) is 22.3 Å². The molecule has 3 aromatic rings. The summed E-state index contributed by atoms with van der Waals surface area (Å²) in [5.74, 6) is 0.114. The van der Waals surface area contributed by atoms with E-state index in [-0.39, 0.29) is 24.5 Å². The first-order chi connectivity index (χ1) is 14.8. The summed E-state index contributed by atoms with van der Waals surface area (Å²) in [4.78, 5) is 25.4. The van der Waals surface area contributed by atoms with Gasteiger partial charge in [0.25, 0.3) is 11.8 Å². The van der Waals surface area contributed by atoms with Gasteiger partial charge in [0.1, 0.15) is 5.75 Å². The first-order valence-electron chi connectivity index (χ1n) is 10.3. The van der Waals surface area contributed by atoms with Crippen LogP contribution in [0.3, 0.4) is 0 Å². The second kappa shape index (κ2) is 9.94. The van der Waals surface area contributed by atoms with Gasteiger partial charge in [0.15, 0.2) is 6.61 Å². The first-order valence-corrected chi connectivity index (χ1v) is 10.3. The Kier molecular flexibility index (Phi) is 7.08. The van der Waals surface area contributed by atoms with Crippen molar-refractivity contribution in [2.75, 3.05) is 11.9 Å². The highest BCUT2D eigenvalue weighted by Crippen LogP contribution is 2.23. The van der Waals surface area contributed by atoms with Gasteiger partial charge in [-0.05, 0) is 68.1 Å². The van der Waals surface area contributed by atoms with Crippen LogP contribution in [0.1, 0.15) is 45.6 Å². The van der Waals surface area contributed by atoms with Gasteiger partial charge in [-0.15, -0.1) is 0 Å². The van der Waals surface area contributed by atoms with E-state index in [9.17, 15) is 9.59 Å². The van der Waals surface area contributed by atoms with Crippen molar-refractivity contribution in [3.8, 4) is 5.75 Å². The van der Waals surface area contributed by atoms with Gasteiger partial charge in [0.05, 0.1) is 17.3 Å². The van der Waals surface area contributed by atoms with Gasteiger partial charge in [-0.25, -0.2) is 0 Å². The number of benzene rings is 3. The van der Waals surface area contributed by atoms with Gasteiger partial charge < -0.3 is 15.4 Å². The van der Waals surface area contributed by atoms with Crippen LogP contribution in [0.5, 0.6) is 5.75 Å². The highest BCUT2D eigenvalue weighted by molar-refractivity contribution is 6.04. The normalized spacial score (nSPS) is 11.5. The lowest BCUT2D eigenvalue weighted by atomic mass is 10.1. The number of carbonyl (C=O) groups excluding carboxylic acids is 2. The van der Waals surface area contributed by atoms with Crippen LogP contribution >= 0.6 is 0 Å². The molecule has 5 nitrogen and oxygen atoms in total. The molecule has 0 aliphatic rings. The van der Waals surface area contributed by atoms with Crippen LogP contribution in [-0.2, 0) is 4.79 Å². The Morgan fingerprint density at radius 3 is 2.35 bits per heavy atom. The molecule has 2 amide bonds. The maximum Gasteiger partial charge on any atom is 0.262 e. The zero-order valence-corrected chi connectivity index (χ0v) is 18.4. The molecule has 0 saturated heterocycles. The van der Waals surface area contributed by atoms with Crippen LogP contribution < -0.4 is 15.4 Å². The molecule has 0 heterocycles. The molecule has 0 aliphatic carbocycles. The summed E-state index contributed by atoms with van der Waals surface area (Å²) in [6.45, 7) is 7.76. The van der Waals surface area contributed by atoms with Crippen LogP contribution in [0.4, 0.5) is 5.69 Å². The van der Waals surface area contributed by atoms with Crippen molar-refractivity contribution < 1.29 is 14.3 Å². The summed E-state index contributed by atoms with van der Waals surface area (Å²) in [6, 6.07) is 20.5. The van der Waals surface area contributed by atoms with Gasteiger partial charge in [-0.2, -0.15) is 0 Å². The van der Waals surface area contributed by atoms with Crippen molar-refractivity contribution in [2.24, 2.45) is 0 Å². The van der Waals surface area contributed by atoms with E-state index in [1.54, 1.807) is 24.3 Å². The minimum Gasteiger partial charge on any atom is -0.483 e. The van der Waals surface area contributed by atoms with E-state index in [1.807, 2.05) is 64.1 Å². The Balaban J connectivity index is 1.66. The lowest BCUT2D eigenvalue weighted by Crippen LogP contribution is -2.28. The summed E-state index contributed by atoms with van der Waals surface area (Å²) >= 11 is 0. The number of amides is 2. The Morgan fingerprint density at radius 2 is 1.61 bits per heavy atom. The average molecular weight is 417 g/mol. The number of nitrogens with one attached hydrogen (secondary N) is 2. The molecule has 160 valence electrons. The lowest BCUT2D eigenvalue weighted by molar-refractivity contribution is -0.118. The predicted molar refractivity (Wildman–Crippen MR) is 124 cm³/mol. The summed E-state index contributed by atoms with van der Waals surface area (Å²) in [5.41, 5.74) is 5.06. The Hall–Kier alpha value is -3.60. The van der Waals surface area contributed by atoms with E-state index in [1.165, 1.54) is 0 Å². The van der Waals surface area contributed by atoms with Gasteiger partial charge in [0.2, 0.25) is 0 Å². The minimum absolute atomic E-state index is 0.139. The number of rotatable bonds is 7. The lowest BCUT2D eigenvalue weighted by Gasteiger charge is -2.17. The van der Waals surface area contributed by atoms with Crippen LogP contribution in [0.15, 0.2) is 66.7 Å². The third-order valence-corrected chi connectivity index (χ3v) is 5.22. The molecular formula is C26H28N2O3. The molecule has 0 fully saturated rings. The molecule has 2 N–H and O–H groups in total. The fourth-order valence-corrected chi connectivity index (χ4v) is 3.37. The highest BCUT2D eigenvalue weighted by atomic mass is 16.5. The molecule has 0 aromatic heterocycles. The smallest absolute Gasteiger partial charge is 0.262 e. The minimum atomic E-state index is -0.324. The number of hydrogen-bond acceptors (Lipinski definition) is 3. The van der Waals surface area contributed by atoms with Crippen molar-refractivity contribution >= 4 is 17.5 Å². The van der Waals surface area contributed by atoms with Crippen molar-refractivity contribution in [3.63, 3.8) is 0 Å². The number of anilines is 1. The van der Waals surface area contributed by atoms with Crippen molar-refractivity contribution in [2.45, 2.75) is 33.7 Å². The molecule has 0 radical (unpaired) electrons. The number of ether oxygens (including phenoxy) is 1. The van der Waals surface area contributed by atoms with E-state index >= 15 is 0 Å². The average Bonchev–Trinajstić information content (AvgIpc) is 2.76. The topological polar surface area (TPSA) is 67.4 Å². The molecule has 0 unspecified atom stereocenters. The number of aryl methyl sites for hydroxylation is 2.